The lowest BCUT2D eigenvalue weighted by atomic mass is 10.1. The Morgan fingerprint density at radius 2 is 1.89 bits per heavy atom. The van der Waals surface area contributed by atoms with E-state index in [4.69, 9.17) is 5.11 Å². The summed E-state index contributed by atoms with van der Waals surface area (Å²) in [6, 6.07) is 8.32. The number of nitrogens with one attached hydrogen (secondary N) is 1. The molecule has 18 heavy (non-hydrogen) atoms. The molecular weight excluding hydrogens is 230 g/mol. The van der Waals surface area contributed by atoms with E-state index in [-0.39, 0.29) is 12.8 Å². The smallest absolute Gasteiger partial charge is 0.303 e. The summed E-state index contributed by atoms with van der Waals surface area (Å²) in [4.78, 5) is 10.3. The Kier molecular flexibility index (Phi) is 6.39. The summed E-state index contributed by atoms with van der Waals surface area (Å²) in [5, 5.41) is 21.1. The molecule has 0 fully saturated rings. The van der Waals surface area contributed by atoms with Crippen LogP contribution >= 0.6 is 0 Å². The fourth-order valence-corrected chi connectivity index (χ4v) is 1.67. The van der Waals surface area contributed by atoms with Crippen LogP contribution in [0.2, 0.25) is 0 Å². The number of aryl methyl sites for hydroxylation is 1. The van der Waals surface area contributed by atoms with Crippen LogP contribution in [0.5, 0.6) is 0 Å². The summed E-state index contributed by atoms with van der Waals surface area (Å²) < 4.78 is 0. The zero-order valence-electron chi connectivity index (χ0n) is 10.7. The summed E-state index contributed by atoms with van der Waals surface area (Å²) in [5.74, 6) is -0.871. The number of carboxylic acids is 1. The summed E-state index contributed by atoms with van der Waals surface area (Å²) in [6.45, 7) is 3.23. The molecule has 0 saturated carbocycles. The lowest BCUT2D eigenvalue weighted by molar-refractivity contribution is -0.137. The second kappa shape index (κ2) is 7.84. The molecule has 0 aliphatic heterocycles. The fraction of sp³-hybridized carbons (Fsp3) is 0.500. The van der Waals surface area contributed by atoms with Crippen LogP contribution in [-0.2, 0) is 17.8 Å². The molecule has 1 unspecified atom stereocenters. The van der Waals surface area contributed by atoms with Crippen molar-refractivity contribution in [3.63, 3.8) is 0 Å². The van der Waals surface area contributed by atoms with Gasteiger partial charge in [0.25, 0.3) is 0 Å². The molecule has 3 N–H and O–H groups in total. The number of hydrogen-bond acceptors (Lipinski definition) is 3. The van der Waals surface area contributed by atoms with Crippen LogP contribution < -0.4 is 5.32 Å². The van der Waals surface area contributed by atoms with E-state index in [0.29, 0.717) is 13.1 Å². The number of benzene rings is 1. The largest absolute Gasteiger partial charge is 0.481 e. The van der Waals surface area contributed by atoms with Crippen LogP contribution in [-0.4, -0.2) is 28.8 Å². The van der Waals surface area contributed by atoms with Gasteiger partial charge >= 0.3 is 5.97 Å². The quantitative estimate of drug-likeness (QED) is 0.656. The molecule has 1 atom stereocenters. The van der Waals surface area contributed by atoms with Gasteiger partial charge in [0.2, 0.25) is 0 Å². The van der Waals surface area contributed by atoms with E-state index >= 15 is 0 Å². The third-order valence-electron chi connectivity index (χ3n) is 2.83. The Morgan fingerprint density at radius 3 is 2.44 bits per heavy atom. The van der Waals surface area contributed by atoms with Crippen molar-refractivity contribution in [2.24, 2.45) is 0 Å². The van der Waals surface area contributed by atoms with Crippen molar-refractivity contribution in [3.8, 4) is 0 Å². The van der Waals surface area contributed by atoms with Crippen molar-refractivity contribution < 1.29 is 15.0 Å². The highest BCUT2D eigenvalue weighted by atomic mass is 16.4. The van der Waals surface area contributed by atoms with Gasteiger partial charge in [0, 0.05) is 19.5 Å². The monoisotopic (exact) mass is 251 g/mol. The van der Waals surface area contributed by atoms with Gasteiger partial charge in [-0.05, 0) is 24.0 Å². The maximum absolute atomic E-state index is 10.3. The Morgan fingerprint density at radius 1 is 1.28 bits per heavy atom. The number of aliphatic hydroxyl groups excluding tert-OH is 1. The highest BCUT2D eigenvalue weighted by molar-refractivity contribution is 5.66. The van der Waals surface area contributed by atoms with E-state index < -0.39 is 12.1 Å². The van der Waals surface area contributed by atoms with E-state index in [1.807, 2.05) is 0 Å². The third kappa shape index (κ3) is 5.80. The summed E-state index contributed by atoms with van der Waals surface area (Å²) in [6.07, 6.45) is 0.725. The molecule has 0 heterocycles. The number of carboxylic acid groups (broad SMARTS) is 1. The van der Waals surface area contributed by atoms with E-state index in [9.17, 15) is 9.90 Å². The van der Waals surface area contributed by atoms with Crippen LogP contribution in [0.15, 0.2) is 24.3 Å². The minimum Gasteiger partial charge on any atom is -0.481 e. The van der Waals surface area contributed by atoms with Gasteiger partial charge in [0.05, 0.1) is 6.10 Å². The van der Waals surface area contributed by atoms with Crippen LogP contribution in [0.1, 0.15) is 30.9 Å². The Balaban J connectivity index is 2.22. The number of carbonyl (C=O) groups is 1. The van der Waals surface area contributed by atoms with Gasteiger partial charge in [-0.15, -0.1) is 0 Å². The molecule has 0 saturated heterocycles. The first kappa shape index (κ1) is 14.7. The third-order valence-corrected chi connectivity index (χ3v) is 2.83. The molecule has 0 amide bonds. The van der Waals surface area contributed by atoms with Gasteiger partial charge in [0.15, 0.2) is 0 Å². The molecule has 0 aliphatic rings. The van der Waals surface area contributed by atoms with E-state index in [0.717, 1.165) is 12.0 Å². The SMILES string of the molecule is CCc1ccc(CNCC(O)CCC(=O)O)cc1. The van der Waals surface area contributed by atoms with E-state index in [1.165, 1.54) is 5.56 Å². The van der Waals surface area contributed by atoms with Gasteiger partial charge in [-0.2, -0.15) is 0 Å². The Bertz CT molecular complexity index is 362. The van der Waals surface area contributed by atoms with E-state index in [1.54, 1.807) is 0 Å². The van der Waals surface area contributed by atoms with Crippen molar-refractivity contribution in [1.82, 2.24) is 5.32 Å². The van der Waals surface area contributed by atoms with Gasteiger partial charge in [-0.25, -0.2) is 0 Å². The second-order valence-corrected chi connectivity index (χ2v) is 4.39. The molecule has 4 nitrogen and oxygen atoms in total. The first-order valence-corrected chi connectivity index (χ1v) is 6.30. The lowest BCUT2D eigenvalue weighted by Crippen LogP contribution is -2.26. The van der Waals surface area contributed by atoms with Crippen LogP contribution in [0.3, 0.4) is 0 Å². The van der Waals surface area contributed by atoms with Crippen LogP contribution in [0.25, 0.3) is 0 Å². The maximum Gasteiger partial charge on any atom is 0.303 e. The Hall–Kier alpha value is -1.39. The minimum atomic E-state index is -0.871. The van der Waals surface area contributed by atoms with Gasteiger partial charge in [-0.1, -0.05) is 31.2 Å². The van der Waals surface area contributed by atoms with E-state index in [2.05, 4.69) is 36.5 Å². The van der Waals surface area contributed by atoms with Crippen molar-refractivity contribution in [2.45, 2.75) is 38.8 Å². The molecule has 0 bridgehead atoms. The molecule has 1 aromatic rings. The molecule has 100 valence electrons. The van der Waals surface area contributed by atoms with Gasteiger partial charge < -0.3 is 15.5 Å². The first-order valence-electron chi connectivity index (χ1n) is 6.30. The standard InChI is InChI=1S/C14H21NO3/c1-2-11-3-5-12(6-4-11)9-15-10-13(16)7-8-14(17)18/h3-6,13,15-16H,2,7-10H2,1H3,(H,17,18). The molecule has 0 radical (unpaired) electrons. The van der Waals surface area contributed by atoms with Crippen molar-refractivity contribution in [2.75, 3.05) is 6.54 Å². The minimum absolute atomic E-state index is 0.00798. The second-order valence-electron chi connectivity index (χ2n) is 4.39. The van der Waals surface area contributed by atoms with Crippen molar-refractivity contribution in [3.05, 3.63) is 35.4 Å². The zero-order valence-corrected chi connectivity index (χ0v) is 10.7. The molecule has 0 spiro atoms. The topological polar surface area (TPSA) is 69.6 Å². The predicted octanol–water partition coefficient (Wildman–Crippen LogP) is 1.56. The average Bonchev–Trinajstić information content (AvgIpc) is 2.37. The van der Waals surface area contributed by atoms with Crippen molar-refractivity contribution in [1.29, 1.82) is 0 Å². The van der Waals surface area contributed by atoms with Gasteiger partial charge in [0.1, 0.15) is 0 Å². The lowest BCUT2D eigenvalue weighted by Gasteiger charge is -2.10. The maximum atomic E-state index is 10.3. The molecular formula is C14H21NO3. The number of aliphatic hydroxyl groups is 1. The fourth-order valence-electron chi connectivity index (χ4n) is 1.67. The number of rotatable bonds is 8. The number of aliphatic carboxylic acids is 1. The molecule has 1 aromatic carbocycles. The summed E-state index contributed by atoms with van der Waals surface area (Å²) in [5.41, 5.74) is 2.47. The zero-order chi connectivity index (χ0) is 13.4. The summed E-state index contributed by atoms with van der Waals surface area (Å²) in [7, 11) is 0. The highest BCUT2D eigenvalue weighted by Crippen LogP contribution is 2.05. The predicted molar refractivity (Wildman–Crippen MR) is 70.4 cm³/mol. The normalized spacial score (nSPS) is 12.3. The first-order chi connectivity index (χ1) is 8.61. The van der Waals surface area contributed by atoms with Crippen LogP contribution in [0, 0.1) is 0 Å². The molecule has 1 rings (SSSR count). The average molecular weight is 251 g/mol. The molecule has 0 aliphatic carbocycles. The number of hydrogen-bond donors (Lipinski definition) is 3. The highest BCUT2D eigenvalue weighted by Gasteiger charge is 2.06. The van der Waals surface area contributed by atoms with Crippen LogP contribution in [0.4, 0.5) is 0 Å². The summed E-state index contributed by atoms with van der Waals surface area (Å²) >= 11 is 0. The molecule has 0 aromatic heterocycles. The van der Waals surface area contributed by atoms with Crippen molar-refractivity contribution >= 4 is 5.97 Å². The Labute approximate surface area is 108 Å². The molecule has 4 heteroatoms. The van der Waals surface area contributed by atoms with Gasteiger partial charge in [-0.3, -0.25) is 4.79 Å².